The standard InChI is InChI=1S/C11H11FN6/c1-17-6-14-16-10(17)5-18-9-3-2-7(12)4-8(9)15-11(18)13/h2-4,6H,5H2,1H3,(H2,13,15). The molecule has 0 atom stereocenters. The van der Waals surface area contributed by atoms with E-state index in [1.807, 2.05) is 7.05 Å². The second kappa shape index (κ2) is 3.80. The van der Waals surface area contributed by atoms with Gasteiger partial charge in [-0.15, -0.1) is 10.2 Å². The number of aryl methyl sites for hydroxylation is 1. The zero-order valence-electron chi connectivity index (χ0n) is 9.71. The number of hydrogen-bond acceptors (Lipinski definition) is 4. The molecule has 0 saturated carbocycles. The minimum Gasteiger partial charge on any atom is -0.369 e. The highest BCUT2D eigenvalue weighted by Crippen LogP contribution is 2.19. The Morgan fingerprint density at radius 1 is 1.39 bits per heavy atom. The lowest BCUT2D eigenvalue weighted by Gasteiger charge is -2.05. The van der Waals surface area contributed by atoms with Gasteiger partial charge in [0.05, 0.1) is 17.6 Å². The summed E-state index contributed by atoms with van der Waals surface area (Å²) in [6.07, 6.45) is 1.62. The van der Waals surface area contributed by atoms with Gasteiger partial charge in [-0.1, -0.05) is 0 Å². The predicted molar refractivity (Wildman–Crippen MR) is 64.2 cm³/mol. The summed E-state index contributed by atoms with van der Waals surface area (Å²) >= 11 is 0. The number of imidazole rings is 1. The number of benzene rings is 1. The summed E-state index contributed by atoms with van der Waals surface area (Å²) in [4.78, 5) is 4.13. The smallest absolute Gasteiger partial charge is 0.201 e. The number of anilines is 1. The fraction of sp³-hybridized carbons (Fsp3) is 0.182. The summed E-state index contributed by atoms with van der Waals surface area (Å²) in [6, 6.07) is 4.40. The minimum atomic E-state index is -0.328. The van der Waals surface area contributed by atoms with Crippen LogP contribution in [0.15, 0.2) is 24.5 Å². The Hall–Kier alpha value is -2.44. The zero-order valence-corrected chi connectivity index (χ0v) is 9.71. The predicted octanol–water partition coefficient (Wildman–Crippen LogP) is 0.934. The van der Waals surface area contributed by atoms with E-state index in [4.69, 9.17) is 5.73 Å². The molecule has 0 aliphatic heterocycles. The lowest BCUT2D eigenvalue weighted by Crippen LogP contribution is -2.08. The average Bonchev–Trinajstić information content (AvgIpc) is 2.85. The highest BCUT2D eigenvalue weighted by atomic mass is 19.1. The van der Waals surface area contributed by atoms with Crippen LogP contribution in [-0.2, 0) is 13.6 Å². The fourth-order valence-electron chi connectivity index (χ4n) is 1.88. The van der Waals surface area contributed by atoms with Gasteiger partial charge >= 0.3 is 0 Å². The molecular formula is C11H11FN6. The molecule has 2 heterocycles. The fourth-order valence-corrected chi connectivity index (χ4v) is 1.88. The topological polar surface area (TPSA) is 74.5 Å². The van der Waals surface area contributed by atoms with Crippen molar-refractivity contribution >= 4 is 17.0 Å². The van der Waals surface area contributed by atoms with E-state index in [9.17, 15) is 4.39 Å². The molecule has 0 fully saturated rings. The SMILES string of the molecule is Cn1cnnc1Cn1c(N)nc2cc(F)ccc21. The summed E-state index contributed by atoms with van der Waals surface area (Å²) < 4.78 is 16.7. The Morgan fingerprint density at radius 3 is 2.94 bits per heavy atom. The first kappa shape index (κ1) is 10.7. The van der Waals surface area contributed by atoms with E-state index in [1.165, 1.54) is 12.1 Å². The van der Waals surface area contributed by atoms with Crippen molar-refractivity contribution in [3.05, 3.63) is 36.2 Å². The van der Waals surface area contributed by atoms with Gasteiger partial charge in [0.1, 0.15) is 12.1 Å². The molecule has 0 unspecified atom stereocenters. The number of aromatic nitrogens is 5. The largest absolute Gasteiger partial charge is 0.369 e. The minimum absolute atomic E-state index is 0.328. The van der Waals surface area contributed by atoms with Gasteiger partial charge in [0.25, 0.3) is 0 Å². The molecule has 6 nitrogen and oxygen atoms in total. The van der Waals surface area contributed by atoms with E-state index in [0.29, 0.717) is 18.0 Å². The van der Waals surface area contributed by atoms with Crippen LogP contribution in [0, 0.1) is 5.82 Å². The van der Waals surface area contributed by atoms with Crippen LogP contribution in [0.1, 0.15) is 5.82 Å². The molecule has 2 N–H and O–H groups in total. The van der Waals surface area contributed by atoms with E-state index in [2.05, 4.69) is 15.2 Å². The van der Waals surface area contributed by atoms with E-state index < -0.39 is 0 Å². The molecular weight excluding hydrogens is 235 g/mol. The van der Waals surface area contributed by atoms with Crippen LogP contribution in [0.2, 0.25) is 0 Å². The number of halogens is 1. The van der Waals surface area contributed by atoms with Crippen LogP contribution in [0.25, 0.3) is 11.0 Å². The van der Waals surface area contributed by atoms with Crippen molar-refractivity contribution in [3.63, 3.8) is 0 Å². The third-order valence-corrected chi connectivity index (χ3v) is 2.84. The van der Waals surface area contributed by atoms with Crippen LogP contribution in [0.5, 0.6) is 0 Å². The molecule has 3 aromatic rings. The normalized spacial score (nSPS) is 11.2. The first-order chi connectivity index (χ1) is 8.65. The molecule has 0 spiro atoms. The Balaban J connectivity index is 2.11. The highest BCUT2D eigenvalue weighted by Gasteiger charge is 2.11. The quantitative estimate of drug-likeness (QED) is 0.730. The summed E-state index contributed by atoms with van der Waals surface area (Å²) in [5.74, 6) is 0.759. The molecule has 2 aromatic heterocycles. The third-order valence-electron chi connectivity index (χ3n) is 2.84. The molecule has 18 heavy (non-hydrogen) atoms. The highest BCUT2D eigenvalue weighted by molar-refractivity contribution is 5.78. The van der Waals surface area contributed by atoms with Gasteiger partial charge in [0.2, 0.25) is 5.95 Å². The summed E-state index contributed by atoms with van der Waals surface area (Å²) in [5.41, 5.74) is 7.15. The van der Waals surface area contributed by atoms with Crippen LogP contribution in [0.3, 0.4) is 0 Å². The van der Waals surface area contributed by atoms with Gasteiger partial charge in [-0.25, -0.2) is 9.37 Å². The number of rotatable bonds is 2. The van der Waals surface area contributed by atoms with Crippen molar-refractivity contribution in [1.29, 1.82) is 0 Å². The lowest BCUT2D eigenvalue weighted by molar-refractivity contribution is 0.629. The lowest BCUT2D eigenvalue weighted by atomic mass is 10.3. The Bertz CT molecular complexity index is 713. The molecule has 0 aliphatic rings. The van der Waals surface area contributed by atoms with Crippen molar-refractivity contribution in [2.45, 2.75) is 6.54 Å². The molecule has 0 aliphatic carbocycles. The maximum absolute atomic E-state index is 13.1. The van der Waals surface area contributed by atoms with E-state index in [1.54, 1.807) is 21.5 Å². The average molecular weight is 246 g/mol. The van der Waals surface area contributed by atoms with Crippen molar-refractivity contribution in [2.75, 3.05) is 5.73 Å². The van der Waals surface area contributed by atoms with Gasteiger partial charge in [-0.3, -0.25) is 0 Å². The Kier molecular flexibility index (Phi) is 2.26. The summed E-state index contributed by atoms with van der Waals surface area (Å²) in [7, 11) is 1.85. The third kappa shape index (κ3) is 1.60. The summed E-state index contributed by atoms with van der Waals surface area (Å²) in [6.45, 7) is 0.449. The number of nitrogens with two attached hydrogens (primary N) is 1. The Morgan fingerprint density at radius 2 is 2.22 bits per heavy atom. The molecule has 0 amide bonds. The summed E-state index contributed by atoms with van der Waals surface area (Å²) in [5, 5.41) is 7.80. The van der Waals surface area contributed by atoms with Gasteiger partial charge in [0, 0.05) is 13.1 Å². The number of fused-ring (bicyclic) bond motifs is 1. The van der Waals surface area contributed by atoms with E-state index in [0.717, 1.165) is 11.3 Å². The van der Waals surface area contributed by atoms with Crippen molar-refractivity contribution in [2.24, 2.45) is 7.05 Å². The second-order valence-corrected chi connectivity index (χ2v) is 4.05. The molecule has 0 saturated heterocycles. The zero-order chi connectivity index (χ0) is 12.7. The van der Waals surface area contributed by atoms with Gasteiger partial charge in [0.15, 0.2) is 5.82 Å². The van der Waals surface area contributed by atoms with Crippen molar-refractivity contribution in [1.82, 2.24) is 24.3 Å². The van der Waals surface area contributed by atoms with Crippen LogP contribution in [-0.4, -0.2) is 24.3 Å². The maximum Gasteiger partial charge on any atom is 0.201 e. The van der Waals surface area contributed by atoms with Crippen LogP contribution in [0.4, 0.5) is 10.3 Å². The molecule has 0 radical (unpaired) electrons. The van der Waals surface area contributed by atoms with Crippen molar-refractivity contribution in [3.8, 4) is 0 Å². The number of nitrogens with zero attached hydrogens (tertiary/aromatic N) is 5. The maximum atomic E-state index is 13.1. The van der Waals surface area contributed by atoms with Gasteiger partial charge in [-0.05, 0) is 12.1 Å². The first-order valence-corrected chi connectivity index (χ1v) is 5.39. The first-order valence-electron chi connectivity index (χ1n) is 5.39. The van der Waals surface area contributed by atoms with Crippen LogP contribution >= 0.6 is 0 Å². The van der Waals surface area contributed by atoms with Gasteiger partial charge < -0.3 is 14.9 Å². The molecule has 3 rings (SSSR count). The Labute approximate surface area is 102 Å². The molecule has 7 heteroatoms. The van der Waals surface area contributed by atoms with Crippen molar-refractivity contribution < 1.29 is 4.39 Å². The molecule has 0 bridgehead atoms. The van der Waals surface area contributed by atoms with E-state index in [-0.39, 0.29) is 5.82 Å². The molecule has 1 aromatic carbocycles. The van der Waals surface area contributed by atoms with Gasteiger partial charge in [-0.2, -0.15) is 0 Å². The second-order valence-electron chi connectivity index (χ2n) is 4.05. The number of nitrogen functional groups attached to an aromatic ring is 1. The molecule has 92 valence electrons. The number of hydrogen-bond donors (Lipinski definition) is 1. The van der Waals surface area contributed by atoms with Crippen LogP contribution < -0.4 is 5.73 Å². The van der Waals surface area contributed by atoms with E-state index >= 15 is 0 Å². The monoisotopic (exact) mass is 246 g/mol.